The lowest BCUT2D eigenvalue weighted by molar-refractivity contribution is -0.118. The number of rotatable bonds is 7. The fraction of sp³-hybridized carbons (Fsp3) is 0.667. The number of aryl methyl sites for hydroxylation is 2. The number of nitrogens with zero attached hydrogens (tertiary/aromatic N) is 2. The molecule has 0 aliphatic heterocycles. The minimum absolute atomic E-state index is 0.0957. The second-order valence-electron chi connectivity index (χ2n) is 4.08. The van der Waals surface area contributed by atoms with E-state index in [-0.39, 0.29) is 18.4 Å². The first-order valence-corrected chi connectivity index (χ1v) is 6.24. The average Bonchev–Trinajstić information content (AvgIpc) is 2.68. The van der Waals surface area contributed by atoms with Gasteiger partial charge in [0.25, 0.3) is 0 Å². The summed E-state index contributed by atoms with van der Waals surface area (Å²) in [5.74, 6) is -0.0957. The first-order valence-electron chi connectivity index (χ1n) is 6.24. The highest BCUT2D eigenvalue weighted by molar-refractivity contribution is 5.91. The fourth-order valence-electron chi connectivity index (χ4n) is 1.75. The van der Waals surface area contributed by atoms with E-state index in [1.54, 1.807) is 10.9 Å². The molecule has 0 radical (unpaired) electrons. The molecule has 6 heteroatoms. The lowest BCUT2D eigenvalue weighted by atomic mass is 10.2. The third-order valence-electron chi connectivity index (χ3n) is 2.59. The first kappa shape index (κ1) is 14.7. The quantitative estimate of drug-likeness (QED) is 0.749. The van der Waals surface area contributed by atoms with Crippen LogP contribution in [0.5, 0.6) is 0 Å². The zero-order valence-electron chi connectivity index (χ0n) is 11.3. The Morgan fingerprint density at radius 1 is 1.61 bits per heavy atom. The van der Waals surface area contributed by atoms with Crippen LogP contribution in [-0.4, -0.2) is 34.9 Å². The zero-order chi connectivity index (χ0) is 13.5. The van der Waals surface area contributed by atoms with Crippen LogP contribution in [-0.2, 0) is 23.0 Å². The number of hydrogen-bond donors (Lipinski definition) is 2. The fourth-order valence-corrected chi connectivity index (χ4v) is 1.75. The Hall–Kier alpha value is -1.40. The van der Waals surface area contributed by atoms with Gasteiger partial charge in [-0.15, -0.1) is 0 Å². The molecule has 0 aliphatic rings. The molecule has 1 atom stereocenters. The van der Waals surface area contributed by atoms with Gasteiger partial charge in [-0.3, -0.25) is 9.48 Å². The molecular formula is C12H22N4O2. The molecule has 18 heavy (non-hydrogen) atoms. The second-order valence-corrected chi connectivity index (χ2v) is 4.08. The third-order valence-corrected chi connectivity index (χ3v) is 2.59. The molecule has 1 aromatic rings. The van der Waals surface area contributed by atoms with Crippen molar-refractivity contribution in [2.24, 2.45) is 12.8 Å². The van der Waals surface area contributed by atoms with Gasteiger partial charge in [-0.05, 0) is 13.3 Å². The molecule has 0 aromatic carbocycles. The Morgan fingerprint density at radius 3 is 2.89 bits per heavy atom. The highest BCUT2D eigenvalue weighted by atomic mass is 16.5. The van der Waals surface area contributed by atoms with Crippen molar-refractivity contribution < 1.29 is 9.53 Å². The van der Waals surface area contributed by atoms with Gasteiger partial charge in [0.15, 0.2) is 0 Å². The highest BCUT2D eigenvalue weighted by Gasteiger charge is 2.14. The minimum atomic E-state index is -0.225. The van der Waals surface area contributed by atoms with E-state index in [4.69, 9.17) is 10.5 Å². The topological polar surface area (TPSA) is 82.2 Å². The molecule has 1 heterocycles. The summed E-state index contributed by atoms with van der Waals surface area (Å²) in [7, 11) is 1.83. The van der Waals surface area contributed by atoms with Crippen LogP contribution in [0.4, 0.5) is 5.69 Å². The Morgan fingerprint density at radius 2 is 2.33 bits per heavy atom. The molecule has 102 valence electrons. The van der Waals surface area contributed by atoms with E-state index in [0.29, 0.717) is 13.2 Å². The Kier molecular flexibility index (Phi) is 5.80. The first-order chi connectivity index (χ1) is 8.60. The van der Waals surface area contributed by atoms with Crippen molar-refractivity contribution in [3.8, 4) is 0 Å². The van der Waals surface area contributed by atoms with Gasteiger partial charge in [0.05, 0.1) is 23.9 Å². The monoisotopic (exact) mass is 254 g/mol. The van der Waals surface area contributed by atoms with Crippen molar-refractivity contribution in [2.75, 3.05) is 18.5 Å². The standard InChI is InChI=1S/C12H22N4O2/c1-4-10-11(8-16(3)15-10)14-12(17)6-9(7-13)18-5-2/h8-9H,4-7,13H2,1-3H3,(H,14,17). The predicted molar refractivity (Wildman–Crippen MR) is 70.3 cm³/mol. The molecule has 1 aromatic heterocycles. The molecule has 0 bridgehead atoms. The van der Waals surface area contributed by atoms with Crippen molar-refractivity contribution in [1.29, 1.82) is 0 Å². The van der Waals surface area contributed by atoms with Crippen LogP contribution in [0.2, 0.25) is 0 Å². The molecule has 0 saturated carbocycles. The zero-order valence-corrected chi connectivity index (χ0v) is 11.3. The SMILES string of the molecule is CCOC(CN)CC(=O)Nc1cn(C)nc1CC. The maximum atomic E-state index is 11.9. The molecule has 1 unspecified atom stereocenters. The summed E-state index contributed by atoms with van der Waals surface area (Å²) in [4.78, 5) is 11.9. The van der Waals surface area contributed by atoms with Crippen LogP contribution in [0.1, 0.15) is 26.0 Å². The maximum Gasteiger partial charge on any atom is 0.227 e. The van der Waals surface area contributed by atoms with E-state index in [2.05, 4.69) is 10.4 Å². The van der Waals surface area contributed by atoms with E-state index < -0.39 is 0 Å². The van der Waals surface area contributed by atoms with Gasteiger partial charge >= 0.3 is 0 Å². The van der Waals surface area contributed by atoms with Crippen LogP contribution in [0.3, 0.4) is 0 Å². The summed E-state index contributed by atoms with van der Waals surface area (Å²) in [6.45, 7) is 4.79. The number of nitrogens with two attached hydrogens (primary N) is 1. The van der Waals surface area contributed by atoms with Crippen LogP contribution in [0.25, 0.3) is 0 Å². The lowest BCUT2D eigenvalue weighted by Gasteiger charge is -2.14. The number of anilines is 1. The molecule has 0 fully saturated rings. The largest absolute Gasteiger partial charge is 0.377 e. The van der Waals surface area contributed by atoms with E-state index in [9.17, 15) is 4.79 Å². The van der Waals surface area contributed by atoms with Gasteiger partial charge in [-0.25, -0.2) is 0 Å². The summed E-state index contributed by atoms with van der Waals surface area (Å²) >= 11 is 0. The second kappa shape index (κ2) is 7.13. The number of amides is 1. The van der Waals surface area contributed by atoms with Gasteiger partial charge in [0.2, 0.25) is 5.91 Å². The van der Waals surface area contributed by atoms with Gasteiger partial charge in [0, 0.05) is 26.4 Å². The van der Waals surface area contributed by atoms with Crippen LogP contribution in [0.15, 0.2) is 6.20 Å². The number of hydrogen-bond acceptors (Lipinski definition) is 4. The van der Waals surface area contributed by atoms with Crippen LogP contribution in [0, 0.1) is 0 Å². The van der Waals surface area contributed by atoms with Crippen LogP contribution < -0.4 is 11.1 Å². The third kappa shape index (κ3) is 4.12. The van der Waals surface area contributed by atoms with Crippen molar-refractivity contribution >= 4 is 11.6 Å². The average molecular weight is 254 g/mol. The summed E-state index contributed by atoms with van der Waals surface area (Å²) in [6.07, 6.45) is 2.62. The highest BCUT2D eigenvalue weighted by Crippen LogP contribution is 2.14. The Labute approximate surface area is 107 Å². The molecule has 1 rings (SSSR count). The molecule has 1 amide bonds. The molecule has 3 N–H and O–H groups in total. The smallest absolute Gasteiger partial charge is 0.227 e. The summed E-state index contributed by atoms with van der Waals surface area (Å²) in [5, 5.41) is 7.11. The van der Waals surface area contributed by atoms with Crippen molar-refractivity contribution in [3.63, 3.8) is 0 Å². The minimum Gasteiger partial charge on any atom is -0.377 e. The molecule has 0 saturated heterocycles. The number of nitrogens with one attached hydrogen (secondary N) is 1. The lowest BCUT2D eigenvalue weighted by Crippen LogP contribution is -2.29. The number of carbonyl (C=O) groups excluding carboxylic acids is 1. The van der Waals surface area contributed by atoms with Crippen molar-refractivity contribution in [2.45, 2.75) is 32.8 Å². The number of ether oxygens (including phenoxy) is 1. The van der Waals surface area contributed by atoms with Crippen molar-refractivity contribution in [1.82, 2.24) is 9.78 Å². The van der Waals surface area contributed by atoms with E-state index in [1.807, 2.05) is 20.9 Å². The van der Waals surface area contributed by atoms with Crippen molar-refractivity contribution in [3.05, 3.63) is 11.9 Å². The van der Waals surface area contributed by atoms with Crippen LogP contribution >= 0.6 is 0 Å². The Balaban J connectivity index is 2.58. The van der Waals surface area contributed by atoms with Gasteiger partial charge in [-0.2, -0.15) is 5.10 Å². The number of aromatic nitrogens is 2. The normalized spacial score (nSPS) is 12.4. The molecule has 0 aliphatic carbocycles. The van der Waals surface area contributed by atoms with E-state index in [1.165, 1.54) is 0 Å². The summed E-state index contributed by atoms with van der Waals surface area (Å²) in [5.41, 5.74) is 7.18. The van der Waals surface area contributed by atoms with E-state index >= 15 is 0 Å². The maximum absolute atomic E-state index is 11.9. The van der Waals surface area contributed by atoms with Gasteiger partial charge in [0.1, 0.15) is 0 Å². The van der Waals surface area contributed by atoms with E-state index in [0.717, 1.165) is 17.8 Å². The van der Waals surface area contributed by atoms with Gasteiger partial charge in [-0.1, -0.05) is 6.92 Å². The molecular weight excluding hydrogens is 232 g/mol. The molecule has 6 nitrogen and oxygen atoms in total. The predicted octanol–water partition coefficient (Wildman–Crippen LogP) is 0.675. The summed E-state index contributed by atoms with van der Waals surface area (Å²) in [6, 6.07) is 0. The molecule has 0 spiro atoms. The van der Waals surface area contributed by atoms with Gasteiger partial charge < -0.3 is 15.8 Å². The Bertz CT molecular complexity index is 389. The number of carbonyl (C=O) groups is 1. The summed E-state index contributed by atoms with van der Waals surface area (Å²) < 4.78 is 7.05.